The van der Waals surface area contributed by atoms with Gasteiger partial charge in [0.05, 0.1) is 10.9 Å². The Kier molecular flexibility index (Phi) is 5.89. The van der Waals surface area contributed by atoms with Crippen molar-refractivity contribution in [2.45, 2.75) is 23.5 Å². The summed E-state index contributed by atoms with van der Waals surface area (Å²) in [5, 5.41) is 10.00. The Morgan fingerprint density at radius 2 is 1.97 bits per heavy atom. The number of amides is 1. The smallest absolute Gasteiger partial charge is 0.302 e. The van der Waals surface area contributed by atoms with Gasteiger partial charge in [0.1, 0.15) is 0 Å². The predicted molar refractivity (Wildman–Crippen MR) is 97.4 cm³/mol. The summed E-state index contributed by atoms with van der Waals surface area (Å²) in [5.74, 6) is -3.68. The molecule has 0 aliphatic heterocycles. The Bertz CT molecular complexity index is 1050. The Morgan fingerprint density at radius 1 is 1.24 bits per heavy atom. The average Bonchev–Trinajstić information content (AvgIpc) is 3.24. The quantitative estimate of drug-likeness (QED) is 0.463. The maximum atomic E-state index is 13.3. The maximum absolute atomic E-state index is 13.3. The average molecular weight is 449 g/mol. The van der Waals surface area contributed by atoms with E-state index in [0.29, 0.717) is 11.3 Å². The molecule has 29 heavy (non-hydrogen) atoms. The standard InChI is InChI=1S/C16H12F5N5OS2/c1-7(29-15-25-24-13(26(15)2)16(19,20)21)12(27)23-14-22-11(6-28-14)8-3-4-9(17)10(18)5-8/h3-7H,1-2H3,(H,22,23,27). The molecule has 0 saturated heterocycles. The monoisotopic (exact) mass is 449 g/mol. The molecule has 0 fully saturated rings. The van der Waals surface area contributed by atoms with Gasteiger partial charge in [-0.25, -0.2) is 13.8 Å². The second-order valence-electron chi connectivity index (χ2n) is 5.78. The van der Waals surface area contributed by atoms with Crippen molar-refractivity contribution in [3.05, 3.63) is 41.0 Å². The van der Waals surface area contributed by atoms with Crippen LogP contribution in [0.25, 0.3) is 11.3 Å². The molecule has 1 amide bonds. The zero-order chi connectivity index (χ0) is 21.3. The number of aromatic nitrogens is 4. The minimum atomic E-state index is -4.65. The van der Waals surface area contributed by atoms with Gasteiger partial charge in [0.2, 0.25) is 11.7 Å². The molecule has 154 valence electrons. The van der Waals surface area contributed by atoms with E-state index in [1.807, 2.05) is 0 Å². The number of benzene rings is 1. The molecule has 2 heterocycles. The molecule has 0 aliphatic carbocycles. The predicted octanol–water partition coefficient (Wildman–Crippen LogP) is 4.35. The Morgan fingerprint density at radius 3 is 2.59 bits per heavy atom. The highest BCUT2D eigenvalue weighted by atomic mass is 32.2. The number of carbonyl (C=O) groups excluding carboxylic acids is 1. The lowest BCUT2D eigenvalue weighted by molar-refractivity contribution is -0.147. The van der Waals surface area contributed by atoms with Crippen LogP contribution in [0.5, 0.6) is 0 Å². The molecule has 1 aromatic carbocycles. The Balaban J connectivity index is 1.67. The van der Waals surface area contributed by atoms with Crippen molar-refractivity contribution in [3.63, 3.8) is 0 Å². The molecular formula is C16H12F5N5OS2. The maximum Gasteiger partial charge on any atom is 0.451 e. The molecule has 0 aliphatic rings. The highest BCUT2D eigenvalue weighted by molar-refractivity contribution is 8.00. The van der Waals surface area contributed by atoms with Gasteiger partial charge >= 0.3 is 6.18 Å². The van der Waals surface area contributed by atoms with Gasteiger partial charge in [-0.15, -0.1) is 21.5 Å². The number of alkyl halides is 3. The van der Waals surface area contributed by atoms with E-state index in [1.165, 1.54) is 13.0 Å². The van der Waals surface area contributed by atoms with Crippen molar-refractivity contribution in [3.8, 4) is 11.3 Å². The zero-order valence-electron chi connectivity index (χ0n) is 14.8. The van der Waals surface area contributed by atoms with Gasteiger partial charge in [-0.1, -0.05) is 11.8 Å². The molecule has 1 unspecified atom stereocenters. The third-order valence-electron chi connectivity index (χ3n) is 3.69. The number of hydrogen-bond donors (Lipinski definition) is 1. The number of thioether (sulfide) groups is 1. The fraction of sp³-hybridized carbons (Fsp3) is 0.250. The normalized spacial score (nSPS) is 12.8. The molecule has 0 bridgehead atoms. The van der Waals surface area contributed by atoms with Gasteiger partial charge in [0.15, 0.2) is 21.9 Å². The lowest BCUT2D eigenvalue weighted by Crippen LogP contribution is -2.23. The summed E-state index contributed by atoms with van der Waals surface area (Å²) in [4.78, 5) is 16.5. The molecule has 1 atom stereocenters. The third kappa shape index (κ3) is 4.72. The third-order valence-corrected chi connectivity index (χ3v) is 5.58. The first kappa shape index (κ1) is 21.2. The molecule has 13 heteroatoms. The van der Waals surface area contributed by atoms with Crippen LogP contribution in [0, 0.1) is 11.6 Å². The summed E-state index contributed by atoms with van der Waals surface area (Å²) < 4.78 is 65.5. The molecule has 0 radical (unpaired) electrons. The zero-order valence-corrected chi connectivity index (χ0v) is 16.4. The van der Waals surface area contributed by atoms with Crippen LogP contribution in [0.3, 0.4) is 0 Å². The number of nitrogens with zero attached hydrogens (tertiary/aromatic N) is 4. The molecule has 0 spiro atoms. The Hall–Kier alpha value is -2.54. The van der Waals surface area contributed by atoms with E-state index in [9.17, 15) is 26.7 Å². The lowest BCUT2D eigenvalue weighted by atomic mass is 10.2. The molecule has 2 aromatic heterocycles. The van der Waals surface area contributed by atoms with Crippen molar-refractivity contribution in [2.24, 2.45) is 7.05 Å². The van der Waals surface area contributed by atoms with Gasteiger partial charge in [-0.2, -0.15) is 13.2 Å². The molecule has 1 N–H and O–H groups in total. The van der Waals surface area contributed by atoms with Crippen LogP contribution in [0.1, 0.15) is 12.7 Å². The van der Waals surface area contributed by atoms with E-state index in [2.05, 4.69) is 20.5 Å². The minimum Gasteiger partial charge on any atom is -0.302 e. The highest BCUT2D eigenvalue weighted by Crippen LogP contribution is 2.31. The van der Waals surface area contributed by atoms with Gasteiger partial charge in [-0.05, 0) is 25.1 Å². The number of thiazole rings is 1. The summed E-state index contributed by atoms with van der Waals surface area (Å²) >= 11 is 1.87. The topological polar surface area (TPSA) is 72.7 Å². The summed E-state index contributed by atoms with van der Waals surface area (Å²) in [7, 11) is 1.16. The number of hydrogen-bond acceptors (Lipinski definition) is 6. The van der Waals surface area contributed by atoms with E-state index < -0.39 is 34.8 Å². The fourth-order valence-corrected chi connectivity index (χ4v) is 3.74. The largest absolute Gasteiger partial charge is 0.451 e. The highest BCUT2D eigenvalue weighted by Gasteiger charge is 2.38. The fourth-order valence-electron chi connectivity index (χ4n) is 2.20. The van der Waals surface area contributed by atoms with Crippen LogP contribution < -0.4 is 5.32 Å². The number of rotatable bonds is 5. The summed E-state index contributed by atoms with van der Waals surface area (Å²) in [5.41, 5.74) is 0.675. The molecule has 3 rings (SSSR count). The van der Waals surface area contributed by atoms with Crippen LogP contribution in [0.2, 0.25) is 0 Å². The first-order valence-electron chi connectivity index (χ1n) is 7.91. The van der Waals surface area contributed by atoms with Crippen molar-refractivity contribution >= 4 is 34.1 Å². The molecule has 6 nitrogen and oxygen atoms in total. The van der Waals surface area contributed by atoms with E-state index >= 15 is 0 Å². The first-order chi connectivity index (χ1) is 13.6. The van der Waals surface area contributed by atoms with Gasteiger partial charge in [0.25, 0.3) is 0 Å². The van der Waals surface area contributed by atoms with Crippen LogP contribution in [-0.2, 0) is 18.0 Å². The van der Waals surface area contributed by atoms with Crippen molar-refractivity contribution < 1.29 is 26.7 Å². The molecule has 0 saturated carbocycles. The number of anilines is 1. The van der Waals surface area contributed by atoms with E-state index in [1.54, 1.807) is 5.38 Å². The van der Waals surface area contributed by atoms with E-state index in [4.69, 9.17) is 0 Å². The van der Waals surface area contributed by atoms with Gasteiger partial charge in [0, 0.05) is 18.0 Å². The SMILES string of the molecule is CC(Sc1nnc(C(F)(F)F)n1C)C(=O)Nc1nc(-c2ccc(F)c(F)c2)cs1. The van der Waals surface area contributed by atoms with Crippen LogP contribution >= 0.6 is 23.1 Å². The minimum absolute atomic E-state index is 0.0680. The van der Waals surface area contributed by atoms with Crippen LogP contribution in [0.4, 0.5) is 27.1 Å². The van der Waals surface area contributed by atoms with Crippen molar-refractivity contribution in [1.29, 1.82) is 0 Å². The summed E-state index contributed by atoms with van der Waals surface area (Å²) in [6.07, 6.45) is -4.65. The Labute approximate surface area is 169 Å². The van der Waals surface area contributed by atoms with Gasteiger partial charge in [-0.3, -0.25) is 4.79 Å². The summed E-state index contributed by atoms with van der Waals surface area (Å²) in [6, 6.07) is 3.31. The summed E-state index contributed by atoms with van der Waals surface area (Å²) in [6.45, 7) is 1.49. The molecular weight excluding hydrogens is 437 g/mol. The second kappa shape index (κ2) is 8.06. The number of nitrogens with one attached hydrogen (secondary N) is 1. The van der Waals surface area contributed by atoms with Crippen molar-refractivity contribution in [2.75, 3.05) is 5.32 Å². The van der Waals surface area contributed by atoms with Crippen LogP contribution in [0.15, 0.2) is 28.7 Å². The van der Waals surface area contributed by atoms with Crippen molar-refractivity contribution in [1.82, 2.24) is 19.7 Å². The lowest BCUT2D eigenvalue weighted by Gasteiger charge is -2.10. The first-order valence-corrected chi connectivity index (χ1v) is 9.67. The number of halogens is 5. The molecule has 3 aromatic rings. The van der Waals surface area contributed by atoms with Gasteiger partial charge < -0.3 is 9.88 Å². The van der Waals surface area contributed by atoms with Crippen LogP contribution in [-0.4, -0.2) is 30.9 Å². The number of carbonyl (C=O) groups is 1. The van der Waals surface area contributed by atoms with E-state index in [-0.39, 0.29) is 10.3 Å². The van der Waals surface area contributed by atoms with E-state index in [0.717, 1.165) is 46.8 Å². The second-order valence-corrected chi connectivity index (χ2v) is 7.95.